The van der Waals surface area contributed by atoms with Crippen LogP contribution in [0.2, 0.25) is 0 Å². The van der Waals surface area contributed by atoms with Crippen LogP contribution in [0.3, 0.4) is 0 Å². The van der Waals surface area contributed by atoms with Crippen LogP contribution < -0.4 is 10.6 Å². The normalized spacial score (nSPS) is 14.9. The van der Waals surface area contributed by atoms with E-state index in [0.717, 1.165) is 30.5 Å². The second kappa shape index (κ2) is 7.62. The Morgan fingerprint density at radius 2 is 1.96 bits per heavy atom. The molecule has 126 valence electrons. The van der Waals surface area contributed by atoms with Crippen molar-refractivity contribution in [1.82, 2.24) is 5.32 Å². The third-order valence-electron chi connectivity index (χ3n) is 4.22. The van der Waals surface area contributed by atoms with Gasteiger partial charge in [-0.2, -0.15) is 11.3 Å². The maximum absolute atomic E-state index is 12.1. The molecular formula is C19H22N2O2S. The molecule has 1 saturated carbocycles. The summed E-state index contributed by atoms with van der Waals surface area (Å²) in [5.74, 6) is 0.364. The van der Waals surface area contributed by atoms with E-state index in [1.165, 1.54) is 5.56 Å². The summed E-state index contributed by atoms with van der Waals surface area (Å²) in [6.07, 6.45) is 3.27. The number of carbonyl (C=O) groups excluding carboxylic acids is 2. The molecule has 1 unspecified atom stereocenters. The Morgan fingerprint density at radius 3 is 2.58 bits per heavy atom. The van der Waals surface area contributed by atoms with Crippen molar-refractivity contribution in [3.63, 3.8) is 0 Å². The number of benzene rings is 1. The van der Waals surface area contributed by atoms with Crippen molar-refractivity contribution in [3.8, 4) is 0 Å². The van der Waals surface area contributed by atoms with Gasteiger partial charge in [-0.3, -0.25) is 9.59 Å². The van der Waals surface area contributed by atoms with Gasteiger partial charge in [0.2, 0.25) is 11.8 Å². The zero-order valence-electron chi connectivity index (χ0n) is 13.7. The van der Waals surface area contributed by atoms with Gasteiger partial charge in [0.25, 0.3) is 0 Å². The number of nitrogens with one attached hydrogen (secondary N) is 2. The maximum atomic E-state index is 12.1. The molecule has 1 aromatic carbocycles. The third kappa shape index (κ3) is 4.68. The van der Waals surface area contributed by atoms with Gasteiger partial charge in [-0.15, -0.1) is 0 Å². The molecule has 1 aliphatic rings. The van der Waals surface area contributed by atoms with E-state index >= 15 is 0 Å². The van der Waals surface area contributed by atoms with E-state index in [4.69, 9.17) is 0 Å². The van der Waals surface area contributed by atoms with E-state index in [-0.39, 0.29) is 23.8 Å². The number of rotatable bonds is 7. The minimum absolute atomic E-state index is 0.0480. The molecule has 2 N–H and O–H groups in total. The van der Waals surface area contributed by atoms with Crippen molar-refractivity contribution in [1.29, 1.82) is 0 Å². The second-order valence-electron chi connectivity index (χ2n) is 6.31. The van der Waals surface area contributed by atoms with Gasteiger partial charge in [0.1, 0.15) is 0 Å². The number of carbonyl (C=O) groups is 2. The lowest BCUT2D eigenvalue weighted by molar-refractivity contribution is -0.121. The van der Waals surface area contributed by atoms with E-state index in [1.54, 1.807) is 11.3 Å². The molecule has 1 aromatic heterocycles. The first-order valence-corrected chi connectivity index (χ1v) is 9.27. The zero-order valence-corrected chi connectivity index (χ0v) is 14.6. The largest absolute Gasteiger partial charge is 0.350 e. The molecule has 5 heteroatoms. The summed E-state index contributed by atoms with van der Waals surface area (Å²) in [7, 11) is 0. The van der Waals surface area contributed by atoms with Gasteiger partial charge in [0.15, 0.2) is 0 Å². The predicted molar refractivity (Wildman–Crippen MR) is 97.0 cm³/mol. The summed E-state index contributed by atoms with van der Waals surface area (Å²) >= 11 is 1.65. The molecule has 2 aromatic rings. The van der Waals surface area contributed by atoms with Gasteiger partial charge < -0.3 is 10.6 Å². The van der Waals surface area contributed by atoms with Crippen molar-refractivity contribution in [2.24, 2.45) is 5.92 Å². The second-order valence-corrected chi connectivity index (χ2v) is 7.09. The minimum Gasteiger partial charge on any atom is -0.350 e. The summed E-state index contributed by atoms with van der Waals surface area (Å²) in [6.45, 7) is 1.97. The van der Waals surface area contributed by atoms with E-state index in [0.29, 0.717) is 6.42 Å². The highest BCUT2D eigenvalue weighted by atomic mass is 32.1. The van der Waals surface area contributed by atoms with E-state index in [2.05, 4.69) is 22.1 Å². The number of hydrogen-bond acceptors (Lipinski definition) is 3. The first kappa shape index (κ1) is 16.7. The average Bonchev–Trinajstić information content (AvgIpc) is 3.30. The monoisotopic (exact) mass is 342 g/mol. The molecule has 1 fully saturated rings. The van der Waals surface area contributed by atoms with Gasteiger partial charge in [0, 0.05) is 18.0 Å². The maximum Gasteiger partial charge on any atom is 0.227 e. The molecule has 0 aliphatic heterocycles. The fourth-order valence-electron chi connectivity index (χ4n) is 2.53. The zero-order chi connectivity index (χ0) is 16.9. The number of hydrogen-bond donors (Lipinski definition) is 2. The highest BCUT2D eigenvalue weighted by Crippen LogP contribution is 2.30. The van der Waals surface area contributed by atoms with Crippen molar-refractivity contribution in [3.05, 3.63) is 52.2 Å². The Labute approximate surface area is 146 Å². The summed E-state index contributed by atoms with van der Waals surface area (Å²) in [4.78, 5) is 23.8. The van der Waals surface area contributed by atoms with Crippen molar-refractivity contribution < 1.29 is 9.59 Å². The molecule has 24 heavy (non-hydrogen) atoms. The SMILES string of the molecule is CC(NC(=O)CCc1ccsc1)c1ccc(NC(=O)C2CC2)cc1. The quantitative estimate of drug-likeness (QED) is 0.801. The molecule has 0 saturated heterocycles. The van der Waals surface area contributed by atoms with Crippen LogP contribution in [-0.4, -0.2) is 11.8 Å². The van der Waals surface area contributed by atoms with Gasteiger partial charge in [-0.1, -0.05) is 12.1 Å². The highest BCUT2D eigenvalue weighted by molar-refractivity contribution is 7.07. The van der Waals surface area contributed by atoms with Gasteiger partial charge in [0.05, 0.1) is 6.04 Å². The molecule has 0 radical (unpaired) electrons. The molecule has 2 amide bonds. The molecule has 1 atom stereocenters. The van der Waals surface area contributed by atoms with Crippen LogP contribution in [0.1, 0.15) is 43.4 Å². The van der Waals surface area contributed by atoms with Crippen LogP contribution in [0, 0.1) is 5.92 Å². The van der Waals surface area contributed by atoms with Crippen LogP contribution in [0.25, 0.3) is 0 Å². The van der Waals surface area contributed by atoms with Crippen LogP contribution in [0.5, 0.6) is 0 Å². The standard InChI is InChI=1S/C19H22N2O2S/c1-13(20-18(22)9-2-14-10-11-24-12-14)15-5-7-17(8-6-15)21-19(23)16-3-4-16/h5-8,10-13,16H,2-4,9H2,1H3,(H,20,22)(H,21,23). The molecule has 0 bridgehead atoms. The summed E-state index contributed by atoms with van der Waals surface area (Å²) in [5, 5.41) is 10.0. The molecule has 3 rings (SSSR count). The van der Waals surface area contributed by atoms with Crippen molar-refractivity contribution in [2.75, 3.05) is 5.32 Å². The molecular weight excluding hydrogens is 320 g/mol. The van der Waals surface area contributed by atoms with Crippen molar-refractivity contribution in [2.45, 2.75) is 38.6 Å². The number of anilines is 1. The number of aryl methyl sites for hydroxylation is 1. The Hall–Kier alpha value is -2.14. The Kier molecular flexibility index (Phi) is 5.30. The minimum atomic E-state index is -0.0480. The fraction of sp³-hybridized carbons (Fsp3) is 0.368. The van der Waals surface area contributed by atoms with E-state index < -0.39 is 0 Å². The molecule has 1 heterocycles. The average molecular weight is 342 g/mol. The lowest BCUT2D eigenvalue weighted by Crippen LogP contribution is -2.26. The smallest absolute Gasteiger partial charge is 0.227 e. The predicted octanol–water partition coefficient (Wildman–Crippen LogP) is 3.91. The van der Waals surface area contributed by atoms with Crippen LogP contribution in [0.4, 0.5) is 5.69 Å². The lowest BCUT2D eigenvalue weighted by atomic mass is 10.1. The van der Waals surface area contributed by atoms with Crippen molar-refractivity contribution >= 4 is 28.8 Å². The Bertz CT molecular complexity index is 691. The van der Waals surface area contributed by atoms with Crippen LogP contribution in [0.15, 0.2) is 41.1 Å². The van der Waals surface area contributed by atoms with Gasteiger partial charge in [-0.05, 0) is 66.3 Å². The van der Waals surface area contributed by atoms with Crippen LogP contribution in [-0.2, 0) is 16.0 Å². The fourth-order valence-corrected chi connectivity index (χ4v) is 3.24. The summed E-state index contributed by atoms with van der Waals surface area (Å²) in [6, 6.07) is 9.69. The first-order valence-electron chi connectivity index (χ1n) is 8.33. The van der Waals surface area contributed by atoms with Gasteiger partial charge in [-0.25, -0.2) is 0 Å². The summed E-state index contributed by atoms with van der Waals surface area (Å²) < 4.78 is 0. The first-order chi connectivity index (χ1) is 11.6. The number of thiophene rings is 1. The number of amides is 2. The molecule has 0 spiro atoms. The Morgan fingerprint density at radius 1 is 1.21 bits per heavy atom. The lowest BCUT2D eigenvalue weighted by Gasteiger charge is -2.15. The Balaban J connectivity index is 1.47. The third-order valence-corrected chi connectivity index (χ3v) is 4.96. The van der Waals surface area contributed by atoms with Crippen LogP contribution >= 0.6 is 11.3 Å². The topological polar surface area (TPSA) is 58.2 Å². The molecule has 4 nitrogen and oxygen atoms in total. The van der Waals surface area contributed by atoms with E-state index in [1.807, 2.05) is 36.6 Å². The van der Waals surface area contributed by atoms with E-state index in [9.17, 15) is 9.59 Å². The summed E-state index contributed by atoms with van der Waals surface area (Å²) in [5.41, 5.74) is 3.05. The highest BCUT2D eigenvalue weighted by Gasteiger charge is 2.29. The van der Waals surface area contributed by atoms with Gasteiger partial charge >= 0.3 is 0 Å². The molecule has 1 aliphatic carbocycles.